The minimum absolute atomic E-state index is 0.565. The van der Waals surface area contributed by atoms with E-state index in [-0.39, 0.29) is 0 Å². The molecule has 1 unspecified atom stereocenters. The second kappa shape index (κ2) is 6.54. The minimum Gasteiger partial charge on any atom is -0.385 e. The number of para-hydroxylation sites is 1. The first-order valence-corrected chi connectivity index (χ1v) is 6.18. The molecular weight excluding hydrogens is 196 g/mol. The van der Waals surface area contributed by atoms with Gasteiger partial charge in [-0.1, -0.05) is 39.0 Å². The number of nitrogens with one attached hydrogen (secondary N) is 1. The molecule has 0 aromatic heterocycles. The van der Waals surface area contributed by atoms with E-state index in [0.717, 1.165) is 19.5 Å². The van der Waals surface area contributed by atoms with Crippen molar-refractivity contribution in [3.63, 3.8) is 0 Å². The molecule has 0 aliphatic rings. The summed E-state index contributed by atoms with van der Waals surface area (Å²) in [5.74, 6) is 1.16. The topological polar surface area (TPSA) is 38.0 Å². The lowest BCUT2D eigenvalue weighted by molar-refractivity contribution is 0.561. The molecule has 0 fully saturated rings. The highest BCUT2D eigenvalue weighted by molar-refractivity contribution is 5.52. The Morgan fingerprint density at radius 3 is 2.50 bits per heavy atom. The van der Waals surface area contributed by atoms with Crippen LogP contribution < -0.4 is 11.1 Å². The molecule has 1 rings (SSSR count). The number of benzene rings is 1. The molecule has 0 saturated heterocycles. The Balaban J connectivity index is 2.53. The Kier molecular flexibility index (Phi) is 5.33. The van der Waals surface area contributed by atoms with Crippen LogP contribution in [0.4, 0.5) is 5.69 Å². The highest BCUT2D eigenvalue weighted by Gasteiger charge is 2.05. The van der Waals surface area contributed by atoms with Gasteiger partial charge in [0, 0.05) is 12.2 Å². The maximum atomic E-state index is 5.60. The Morgan fingerprint density at radius 1 is 1.19 bits per heavy atom. The summed E-state index contributed by atoms with van der Waals surface area (Å²) in [5.41, 5.74) is 8.26. The van der Waals surface area contributed by atoms with Crippen LogP contribution in [0.25, 0.3) is 0 Å². The van der Waals surface area contributed by atoms with Gasteiger partial charge in [-0.3, -0.25) is 0 Å². The van der Waals surface area contributed by atoms with E-state index in [1.54, 1.807) is 0 Å². The summed E-state index contributed by atoms with van der Waals surface area (Å²) in [4.78, 5) is 0. The van der Waals surface area contributed by atoms with Crippen molar-refractivity contribution in [3.8, 4) is 0 Å². The summed E-state index contributed by atoms with van der Waals surface area (Å²) >= 11 is 0. The maximum Gasteiger partial charge on any atom is 0.0375 e. The van der Waals surface area contributed by atoms with E-state index < -0.39 is 0 Å². The summed E-state index contributed by atoms with van der Waals surface area (Å²) in [7, 11) is 0. The van der Waals surface area contributed by atoms with E-state index >= 15 is 0 Å². The summed E-state index contributed by atoms with van der Waals surface area (Å²) < 4.78 is 0. The van der Waals surface area contributed by atoms with Crippen LogP contribution in [-0.4, -0.2) is 13.1 Å². The number of nitrogens with two attached hydrogens (primary N) is 1. The van der Waals surface area contributed by atoms with Gasteiger partial charge in [0.25, 0.3) is 0 Å². The molecule has 0 bridgehead atoms. The largest absolute Gasteiger partial charge is 0.385 e. The zero-order valence-electron chi connectivity index (χ0n) is 10.7. The molecule has 1 atom stereocenters. The lowest BCUT2D eigenvalue weighted by Crippen LogP contribution is -2.15. The fourth-order valence-electron chi connectivity index (χ4n) is 1.73. The summed E-state index contributed by atoms with van der Waals surface area (Å²) in [6.07, 6.45) is 1.13. The molecule has 0 heterocycles. The predicted molar refractivity (Wildman–Crippen MR) is 71.9 cm³/mol. The van der Waals surface area contributed by atoms with Crippen molar-refractivity contribution in [3.05, 3.63) is 29.8 Å². The van der Waals surface area contributed by atoms with Crippen molar-refractivity contribution < 1.29 is 0 Å². The molecule has 0 radical (unpaired) electrons. The first-order valence-electron chi connectivity index (χ1n) is 6.18. The summed E-state index contributed by atoms with van der Waals surface area (Å²) in [6, 6.07) is 8.53. The predicted octanol–water partition coefficient (Wildman–Crippen LogP) is 3.21. The molecule has 2 heteroatoms. The summed E-state index contributed by atoms with van der Waals surface area (Å²) in [5, 5.41) is 3.50. The van der Waals surface area contributed by atoms with E-state index in [1.165, 1.54) is 11.3 Å². The van der Waals surface area contributed by atoms with Gasteiger partial charge in [0.2, 0.25) is 0 Å². The van der Waals surface area contributed by atoms with Gasteiger partial charge in [0.15, 0.2) is 0 Å². The van der Waals surface area contributed by atoms with Crippen LogP contribution in [0.15, 0.2) is 24.3 Å². The van der Waals surface area contributed by atoms with Crippen LogP contribution in [0.2, 0.25) is 0 Å². The van der Waals surface area contributed by atoms with Gasteiger partial charge >= 0.3 is 0 Å². The van der Waals surface area contributed by atoms with Crippen molar-refractivity contribution in [1.29, 1.82) is 0 Å². The first-order chi connectivity index (χ1) is 7.65. The molecule has 0 spiro atoms. The van der Waals surface area contributed by atoms with Gasteiger partial charge in [-0.05, 0) is 36.4 Å². The molecule has 2 nitrogen and oxygen atoms in total. The van der Waals surface area contributed by atoms with Crippen molar-refractivity contribution >= 4 is 5.69 Å². The van der Waals surface area contributed by atoms with Crippen molar-refractivity contribution in [1.82, 2.24) is 0 Å². The van der Waals surface area contributed by atoms with Crippen LogP contribution in [0, 0.1) is 5.92 Å². The Hall–Kier alpha value is -1.02. The maximum absolute atomic E-state index is 5.60. The SMILES string of the molecule is CC(CN)CCNc1ccccc1C(C)C. The van der Waals surface area contributed by atoms with Gasteiger partial charge in [-0.2, -0.15) is 0 Å². The number of hydrogen-bond donors (Lipinski definition) is 2. The quantitative estimate of drug-likeness (QED) is 0.772. The smallest absolute Gasteiger partial charge is 0.0375 e. The van der Waals surface area contributed by atoms with E-state index in [0.29, 0.717) is 11.8 Å². The van der Waals surface area contributed by atoms with Crippen LogP contribution in [0.3, 0.4) is 0 Å². The van der Waals surface area contributed by atoms with Gasteiger partial charge in [-0.25, -0.2) is 0 Å². The molecule has 0 amide bonds. The molecule has 0 aliphatic heterocycles. The van der Waals surface area contributed by atoms with Gasteiger partial charge in [0.05, 0.1) is 0 Å². The number of rotatable bonds is 6. The van der Waals surface area contributed by atoms with Crippen LogP contribution in [-0.2, 0) is 0 Å². The Labute approximate surface area is 99.2 Å². The van der Waals surface area contributed by atoms with Crippen molar-refractivity contribution in [2.75, 3.05) is 18.4 Å². The van der Waals surface area contributed by atoms with Crippen LogP contribution in [0.1, 0.15) is 38.7 Å². The molecule has 0 saturated carbocycles. The van der Waals surface area contributed by atoms with E-state index in [2.05, 4.69) is 50.4 Å². The zero-order valence-corrected chi connectivity index (χ0v) is 10.7. The molecule has 90 valence electrons. The fourth-order valence-corrected chi connectivity index (χ4v) is 1.73. The van der Waals surface area contributed by atoms with E-state index in [1.807, 2.05) is 0 Å². The average Bonchev–Trinajstić information content (AvgIpc) is 2.29. The third-order valence-electron chi connectivity index (χ3n) is 2.94. The van der Waals surface area contributed by atoms with Gasteiger partial charge in [0.1, 0.15) is 0 Å². The lowest BCUT2D eigenvalue weighted by Gasteiger charge is -2.15. The second-order valence-corrected chi connectivity index (χ2v) is 4.80. The third-order valence-corrected chi connectivity index (χ3v) is 2.94. The molecule has 0 aliphatic carbocycles. The number of hydrogen-bond acceptors (Lipinski definition) is 2. The monoisotopic (exact) mass is 220 g/mol. The fraction of sp³-hybridized carbons (Fsp3) is 0.571. The molecule has 16 heavy (non-hydrogen) atoms. The van der Waals surface area contributed by atoms with Crippen molar-refractivity contribution in [2.45, 2.75) is 33.1 Å². The van der Waals surface area contributed by atoms with E-state index in [9.17, 15) is 0 Å². The summed E-state index contributed by atoms with van der Waals surface area (Å²) in [6.45, 7) is 8.41. The zero-order chi connectivity index (χ0) is 12.0. The van der Waals surface area contributed by atoms with Crippen molar-refractivity contribution in [2.24, 2.45) is 11.7 Å². The van der Waals surface area contributed by atoms with Crippen LogP contribution in [0.5, 0.6) is 0 Å². The van der Waals surface area contributed by atoms with E-state index in [4.69, 9.17) is 5.73 Å². The molecule has 1 aromatic rings. The van der Waals surface area contributed by atoms with Crippen LogP contribution >= 0.6 is 0 Å². The Bertz CT molecular complexity index is 307. The highest BCUT2D eigenvalue weighted by Crippen LogP contribution is 2.23. The lowest BCUT2D eigenvalue weighted by atomic mass is 10.0. The Morgan fingerprint density at radius 2 is 1.88 bits per heavy atom. The van der Waals surface area contributed by atoms with Gasteiger partial charge in [-0.15, -0.1) is 0 Å². The molecule has 3 N–H and O–H groups in total. The molecule has 1 aromatic carbocycles. The average molecular weight is 220 g/mol. The normalized spacial score (nSPS) is 12.8. The number of anilines is 1. The third kappa shape index (κ3) is 3.86. The second-order valence-electron chi connectivity index (χ2n) is 4.80. The molecular formula is C14H24N2. The first kappa shape index (κ1) is 13.0. The van der Waals surface area contributed by atoms with Gasteiger partial charge < -0.3 is 11.1 Å². The highest BCUT2D eigenvalue weighted by atomic mass is 14.9. The minimum atomic E-state index is 0.565. The standard InChI is InChI=1S/C14H24N2/c1-11(2)13-6-4-5-7-14(13)16-9-8-12(3)10-15/h4-7,11-12,16H,8-10,15H2,1-3H3.